The van der Waals surface area contributed by atoms with E-state index >= 15 is 0 Å². The van der Waals surface area contributed by atoms with E-state index in [1.165, 1.54) is 19.2 Å². The van der Waals surface area contributed by atoms with Crippen molar-refractivity contribution in [2.24, 2.45) is 0 Å². The number of carbonyl (C=O) groups is 1. The van der Waals surface area contributed by atoms with Gasteiger partial charge in [0.05, 0.1) is 22.6 Å². The van der Waals surface area contributed by atoms with Crippen LogP contribution in [0.3, 0.4) is 0 Å². The van der Waals surface area contributed by atoms with E-state index in [9.17, 15) is 14.9 Å². The van der Waals surface area contributed by atoms with Crippen molar-refractivity contribution in [2.75, 3.05) is 18.6 Å². The van der Waals surface area contributed by atoms with Crippen molar-refractivity contribution >= 4 is 28.9 Å². The van der Waals surface area contributed by atoms with Gasteiger partial charge in [0.1, 0.15) is 5.69 Å². The SMILES string of the molecule is COC(=O)c1cc(Cl)c(N2CCCC[C@H]2C)c([N+](=O)[O-])c1. The second-order valence-corrected chi connectivity index (χ2v) is 5.52. The molecule has 1 aromatic rings. The first-order chi connectivity index (χ1) is 9.95. The molecule has 0 unspecified atom stereocenters. The van der Waals surface area contributed by atoms with Crippen LogP contribution in [-0.4, -0.2) is 30.6 Å². The van der Waals surface area contributed by atoms with Crippen LogP contribution < -0.4 is 4.90 Å². The molecule has 0 aromatic heterocycles. The molecule has 1 aromatic carbocycles. The van der Waals surface area contributed by atoms with Gasteiger partial charge in [-0.2, -0.15) is 0 Å². The second kappa shape index (κ2) is 6.30. The van der Waals surface area contributed by atoms with E-state index in [1.807, 2.05) is 11.8 Å². The van der Waals surface area contributed by atoms with Crippen LogP contribution in [0.2, 0.25) is 5.02 Å². The molecule has 0 N–H and O–H groups in total. The number of esters is 1. The lowest BCUT2D eigenvalue weighted by Gasteiger charge is -2.35. The smallest absolute Gasteiger partial charge is 0.338 e. The van der Waals surface area contributed by atoms with Crippen molar-refractivity contribution in [1.82, 2.24) is 0 Å². The number of rotatable bonds is 3. The quantitative estimate of drug-likeness (QED) is 0.486. The Hall–Kier alpha value is -1.82. The van der Waals surface area contributed by atoms with E-state index in [1.54, 1.807) is 0 Å². The number of benzene rings is 1. The normalized spacial score (nSPS) is 18.4. The lowest BCUT2D eigenvalue weighted by atomic mass is 10.0. The molecule has 7 heteroatoms. The Bertz CT molecular complexity index is 576. The number of hydrogen-bond acceptors (Lipinski definition) is 5. The Balaban J connectivity index is 2.54. The average Bonchev–Trinajstić information content (AvgIpc) is 2.46. The molecule has 6 nitrogen and oxygen atoms in total. The standard InChI is InChI=1S/C14H17ClN2O4/c1-9-5-3-4-6-16(9)13-11(15)7-10(14(18)21-2)8-12(13)17(19)20/h7-9H,3-6H2,1-2H3/t9-/m1/s1. The van der Waals surface area contributed by atoms with Gasteiger partial charge in [0, 0.05) is 18.7 Å². The topological polar surface area (TPSA) is 72.7 Å². The Morgan fingerprint density at radius 1 is 1.48 bits per heavy atom. The highest BCUT2D eigenvalue weighted by molar-refractivity contribution is 6.34. The molecule has 2 rings (SSSR count). The van der Waals surface area contributed by atoms with E-state index in [2.05, 4.69) is 4.74 Å². The first-order valence-electron chi connectivity index (χ1n) is 6.78. The van der Waals surface area contributed by atoms with Gasteiger partial charge in [-0.15, -0.1) is 0 Å². The highest BCUT2D eigenvalue weighted by Crippen LogP contribution is 2.39. The zero-order valence-electron chi connectivity index (χ0n) is 12.0. The summed E-state index contributed by atoms with van der Waals surface area (Å²) in [6.07, 6.45) is 3.03. The lowest BCUT2D eigenvalue weighted by molar-refractivity contribution is -0.384. The molecule has 0 amide bonds. The van der Waals surface area contributed by atoms with E-state index in [4.69, 9.17) is 11.6 Å². The summed E-state index contributed by atoms with van der Waals surface area (Å²) in [5.41, 5.74) is 0.320. The predicted molar refractivity (Wildman–Crippen MR) is 80.1 cm³/mol. The van der Waals surface area contributed by atoms with E-state index < -0.39 is 10.9 Å². The summed E-state index contributed by atoms with van der Waals surface area (Å²) in [6.45, 7) is 2.74. The first kappa shape index (κ1) is 15.6. The second-order valence-electron chi connectivity index (χ2n) is 5.11. The molecule has 0 bridgehead atoms. The number of piperidine rings is 1. The first-order valence-corrected chi connectivity index (χ1v) is 7.16. The fourth-order valence-electron chi connectivity index (χ4n) is 2.67. The number of methoxy groups -OCH3 is 1. The largest absolute Gasteiger partial charge is 0.465 e. The monoisotopic (exact) mass is 312 g/mol. The van der Waals surface area contributed by atoms with Gasteiger partial charge in [0.15, 0.2) is 0 Å². The summed E-state index contributed by atoms with van der Waals surface area (Å²) in [7, 11) is 1.22. The summed E-state index contributed by atoms with van der Waals surface area (Å²) in [6, 6.07) is 2.84. The average molecular weight is 313 g/mol. The van der Waals surface area contributed by atoms with Crippen LogP contribution in [0, 0.1) is 10.1 Å². The molecule has 1 saturated heterocycles. The van der Waals surface area contributed by atoms with Crippen molar-refractivity contribution in [3.63, 3.8) is 0 Å². The number of halogens is 1. The molecule has 0 spiro atoms. The summed E-state index contributed by atoms with van der Waals surface area (Å²) in [5.74, 6) is -0.641. The van der Waals surface area contributed by atoms with Crippen LogP contribution in [0.1, 0.15) is 36.5 Å². The van der Waals surface area contributed by atoms with Gasteiger partial charge in [-0.1, -0.05) is 11.6 Å². The van der Waals surface area contributed by atoms with Crippen molar-refractivity contribution in [3.05, 3.63) is 32.8 Å². The van der Waals surface area contributed by atoms with E-state index in [0.717, 1.165) is 25.8 Å². The third-order valence-corrected chi connectivity index (χ3v) is 4.04. The Kier molecular flexibility index (Phi) is 4.67. The number of ether oxygens (including phenoxy) is 1. The van der Waals surface area contributed by atoms with E-state index in [0.29, 0.717) is 5.69 Å². The Labute approximate surface area is 127 Å². The molecule has 1 heterocycles. The number of carbonyl (C=O) groups excluding carboxylic acids is 1. The van der Waals surface area contributed by atoms with Crippen molar-refractivity contribution < 1.29 is 14.5 Å². The van der Waals surface area contributed by atoms with Gasteiger partial charge in [-0.05, 0) is 32.3 Å². The van der Waals surface area contributed by atoms with Crippen LogP contribution in [0.5, 0.6) is 0 Å². The number of nitro benzene ring substituents is 1. The van der Waals surface area contributed by atoms with Gasteiger partial charge < -0.3 is 9.64 Å². The maximum atomic E-state index is 11.6. The minimum atomic E-state index is -0.641. The third kappa shape index (κ3) is 3.10. The van der Waals surface area contributed by atoms with Crippen LogP contribution >= 0.6 is 11.6 Å². The zero-order valence-corrected chi connectivity index (χ0v) is 12.7. The molecule has 0 radical (unpaired) electrons. The van der Waals surface area contributed by atoms with Crippen LogP contribution in [0.25, 0.3) is 0 Å². The Morgan fingerprint density at radius 2 is 2.19 bits per heavy atom. The summed E-state index contributed by atoms with van der Waals surface area (Å²) in [5, 5.41) is 11.6. The fraction of sp³-hybridized carbons (Fsp3) is 0.500. The molecule has 114 valence electrons. The zero-order chi connectivity index (χ0) is 15.6. The molecule has 0 aliphatic carbocycles. The molecule has 1 fully saturated rings. The number of anilines is 1. The summed E-state index contributed by atoms with van der Waals surface area (Å²) < 4.78 is 4.60. The molecule has 1 aliphatic heterocycles. The highest BCUT2D eigenvalue weighted by atomic mass is 35.5. The molecular formula is C14H17ClN2O4. The van der Waals surface area contributed by atoms with Gasteiger partial charge in [-0.25, -0.2) is 4.79 Å². The van der Waals surface area contributed by atoms with Gasteiger partial charge in [-0.3, -0.25) is 10.1 Å². The molecule has 21 heavy (non-hydrogen) atoms. The van der Waals surface area contributed by atoms with Crippen LogP contribution in [-0.2, 0) is 4.74 Å². The highest BCUT2D eigenvalue weighted by Gasteiger charge is 2.29. The maximum Gasteiger partial charge on any atom is 0.338 e. The minimum absolute atomic E-state index is 0.0858. The van der Waals surface area contributed by atoms with Crippen molar-refractivity contribution in [1.29, 1.82) is 0 Å². The van der Waals surface area contributed by atoms with Crippen LogP contribution in [0.15, 0.2) is 12.1 Å². The summed E-state index contributed by atoms with van der Waals surface area (Å²) >= 11 is 6.22. The fourth-order valence-corrected chi connectivity index (χ4v) is 3.00. The Morgan fingerprint density at radius 3 is 2.76 bits per heavy atom. The lowest BCUT2D eigenvalue weighted by Crippen LogP contribution is -2.38. The van der Waals surface area contributed by atoms with E-state index in [-0.39, 0.29) is 22.3 Å². The molecule has 0 saturated carbocycles. The van der Waals surface area contributed by atoms with Crippen molar-refractivity contribution in [2.45, 2.75) is 32.2 Å². The predicted octanol–water partition coefficient (Wildman–Crippen LogP) is 3.41. The number of nitro groups is 1. The minimum Gasteiger partial charge on any atom is -0.465 e. The molecule has 1 aliphatic rings. The summed E-state index contributed by atoms with van der Waals surface area (Å²) in [4.78, 5) is 24.4. The van der Waals surface area contributed by atoms with Gasteiger partial charge in [0.2, 0.25) is 0 Å². The van der Waals surface area contributed by atoms with Gasteiger partial charge >= 0.3 is 5.97 Å². The third-order valence-electron chi connectivity index (χ3n) is 3.75. The number of nitrogens with zero attached hydrogens (tertiary/aromatic N) is 2. The number of hydrogen-bond donors (Lipinski definition) is 0. The molecule has 1 atom stereocenters. The van der Waals surface area contributed by atoms with Crippen molar-refractivity contribution in [3.8, 4) is 0 Å². The maximum absolute atomic E-state index is 11.6. The molecular weight excluding hydrogens is 296 g/mol. The van der Waals surface area contributed by atoms with Crippen LogP contribution in [0.4, 0.5) is 11.4 Å². The van der Waals surface area contributed by atoms with Gasteiger partial charge in [0.25, 0.3) is 5.69 Å².